The van der Waals surface area contributed by atoms with Gasteiger partial charge in [-0.1, -0.05) is 18.2 Å². The number of nitrogens with zero attached hydrogens (tertiary/aromatic N) is 5. The smallest absolute Gasteiger partial charge is 0.242 e. The molecule has 1 aliphatic rings. The second-order valence-electron chi connectivity index (χ2n) is 8.03. The summed E-state index contributed by atoms with van der Waals surface area (Å²) in [5, 5.41) is 3.31. The van der Waals surface area contributed by atoms with Gasteiger partial charge in [-0.05, 0) is 52.3 Å². The van der Waals surface area contributed by atoms with Crippen LogP contribution in [-0.4, -0.2) is 99.1 Å². The summed E-state index contributed by atoms with van der Waals surface area (Å²) in [6.07, 6.45) is 2.21. The topological polar surface area (TPSA) is 54.4 Å². The van der Waals surface area contributed by atoms with Crippen LogP contribution in [0.4, 0.5) is 5.69 Å². The molecule has 0 atom stereocenters. The van der Waals surface area contributed by atoms with Gasteiger partial charge in [-0.2, -0.15) is 0 Å². The maximum Gasteiger partial charge on any atom is 0.242 e. The van der Waals surface area contributed by atoms with Crippen LogP contribution in [0.25, 0.3) is 0 Å². The van der Waals surface area contributed by atoms with Crippen molar-refractivity contribution in [3.05, 3.63) is 30.3 Å². The molecule has 0 radical (unpaired) electrons. The number of unbranched alkanes of at least 4 members (excludes halogenated alkanes) is 1. The van der Waals surface area contributed by atoms with Crippen molar-refractivity contribution in [2.45, 2.75) is 33.6 Å². The van der Waals surface area contributed by atoms with Crippen LogP contribution in [0.2, 0.25) is 0 Å². The van der Waals surface area contributed by atoms with Gasteiger partial charge in [-0.15, -0.1) is 24.0 Å². The fourth-order valence-corrected chi connectivity index (χ4v) is 3.92. The highest BCUT2D eigenvalue weighted by molar-refractivity contribution is 14.0. The van der Waals surface area contributed by atoms with Crippen LogP contribution >= 0.6 is 24.0 Å². The molecule has 0 aromatic heterocycles. The third kappa shape index (κ3) is 9.52. The van der Waals surface area contributed by atoms with Crippen molar-refractivity contribution in [1.29, 1.82) is 0 Å². The Kier molecular flexibility index (Phi) is 14.4. The number of guanidine groups is 1. The molecule has 1 amide bonds. The molecular weight excluding hydrogens is 515 g/mol. The van der Waals surface area contributed by atoms with Gasteiger partial charge in [0.15, 0.2) is 5.96 Å². The summed E-state index contributed by atoms with van der Waals surface area (Å²) in [6, 6.07) is 10.7. The first-order valence-electron chi connectivity index (χ1n) is 11.9. The van der Waals surface area contributed by atoms with Crippen molar-refractivity contribution in [3.63, 3.8) is 0 Å². The van der Waals surface area contributed by atoms with Crippen LogP contribution in [0.1, 0.15) is 33.6 Å². The molecule has 1 aliphatic heterocycles. The zero-order chi connectivity index (χ0) is 22.5. The van der Waals surface area contributed by atoms with E-state index in [0.717, 1.165) is 77.7 Å². The predicted molar refractivity (Wildman–Crippen MR) is 146 cm³/mol. The predicted octanol–water partition coefficient (Wildman–Crippen LogP) is 2.97. The summed E-state index contributed by atoms with van der Waals surface area (Å²) in [5.41, 5.74) is 1.33. The Hall–Kier alpha value is -1.55. The number of halogens is 1. The number of nitrogens with one attached hydrogen (secondary N) is 1. The van der Waals surface area contributed by atoms with Crippen LogP contribution in [0.5, 0.6) is 0 Å². The lowest BCUT2D eigenvalue weighted by Crippen LogP contribution is -2.46. The van der Waals surface area contributed by atoms with Crippen molar-refractivity contribution in [2.75, 3.05) is 77.4 Å². The quantitative estimate of drug-likeness (QED) is 0.196. The maximum atomic E-state index is 12.4. The minimum atomic E-state index is 0. The van der Waals surface area contributed by atoms with Crippen molar-refractivity contribution >= 4 is 41.5 Å². The number of likely N-dealkylation sites (N-methyl/N-ethyl adjacent to an activating group) is 2. The highest BCUT2D eigenvalue weighted by Gasteiger charge is 2.17. The van der Waals surface area contributed by atoms with Gasteiger partial charge in [0.1, 0.15) is 0 Å². The molecule has 182 valence electrons. The third-order valence-electron chi connectivity index (χ3n) is 5.82. The van der Waals surface area contributed by atoms with E-state index < -0.39 is 0 Å². The average molecular weight is 559 g/mol. The number of benzene rings is 1. The average Bonchev–Trinajstić information content (AvgIpc) is 2.80. The van der Waals surface area contributed by atoms with E-state index in [0.29, 0.717) is 6.54 Å². The molecule has 0 bridgehead atoms. The van der Waals surface area contributed by atoms with Crippen LogP contribution in [0.3, 0.4) is 0 Å². The number of amides is 1. The molecule has 7 nitrogen and oxygen atoms in total. The largest absolute Gasteiger partial charge is 0.369 e. The Labute approximate surface area is 212 Å². The van der Waals surface area contributed by atoms with E-state index in [4.69, 9.17) is 4.99 Å². The number of aliphatic imine (C=N–C) groups is 1. The molecule has 1 N–H and O–H groups in total. The Morgan fingerprint density at radius 1 is 1.03 bits per heavy atom. The first-order chi connectivity index (χ1) is 15.1. The molecular formula is C24H43IN6O. The van der Waals surface area contributed by atoms with Gasteiger partial charge in [-0.25, -0.2) is 0 Å². The number of anilines is 1. The minimum Gasteiger partial charge on any atom is -0.369 e. The number of carbonyl (C=O) groups is 1. The van der Waals surface area contributed by atoms with Crippen LogP contribution in [-0.2, 0) is 4.79 Å². The van der Waals surface area contributed by atoms with Gasteiger partial charge < -0.3 is 20.0 Å². The van der Waals surface area contributed by atoms with E-state index in [-0.39, 0.29) is 29.9 Å². The van der Waals surface area contributed by atoms with Crippen LogP contribution in [0.15, 0.2) is 35.3 Å². The van der Waals surface area contributed by atoms with Gasteiger partial charge in [0, 0.05) is 65.1 Å². The summed E-state index contributed by atoms with van der Waals surface area (Å²) in [6.45, 7) is 15.1. The van der Waals surface area contributed by atoms with E-state index in [1.165, 1.54) is 5.69 Å². The molecule has 1 aromatic rings. The number of hydrogen-bond donors (Lipinski definition) is 1. The summed E-state index contributed by atoms with van der Waals surface area (Å²) in [5.74, 6) is 0.965. The Morgan fingerprint density at radius 3 is 2.28 bits per heavy atom. The van der Waals surface area contributed by atoms with E-state index in [1.807, 2.05) is 30.7 Å². The van der Waals surface area contributed by atoms with Crippen LogP contribution in [0, 0.1) is 0 Å². The molecule has 32 heavy (non-hydrogen) atoms. The zero-order valence-corrected chi connectivity index (χ0v) is 22.8. The molecule has 0 aliphatic carbocycles. The van der Waals surface area contributed by atoms with Crippen molar-refractivity contribution in [3.8, 4) is 0 Å². The molecule has 2 rings (SSSR count). The lowest BCUT2D eigenvalue weighted by molar-refractivity contribution is -0.131. The summed E-state index contributed by atoms with van der Waals surface area (Å²) in [4.78, 5) is 26.0. The molecule has 8 heteroatoms. The van der Waals surface area contributed by atoms with Gasteiger partial charge >= 0.3 is 0 Å². The number of rotatable bonds is 11. The second kappa shape index (κ2) is 16.1. The fraction of sp³-hybridized carbons (Fsp3) is 0.667. The van der Waals surface area contributed by atoms with Gasteiger partial charge in [0.25, 0.3) is 0 Å². The van der Waals surface area contributed by atoms with E-state index in [9.17, 15) is 4.79 Å². The van der Waals surface area contributed by atoms with Gasteiger partial charge in [0.2, 0.25) is 5.91 Å². The SMILES string of the molecule is CCNC(=NCCCCN1CCN(c2ccccc2)CC1)N(C)CC(=O)N(CC)CC.I. The molecule has 1 aromatic carbocycles. The van der Waals surface area contributed by atoms with Crippen LogP contribution < -0.4 is 10.2 Å². The summed E-state index contributed by atoms with van der Waals surface area (Å²) >= 11 is 0. The summed E-state index contributed by atoms with van der Waals surface area (Å²) < 4.78 is 0. The molecule has 1 saturated heterocycles. The number of para-hydroxylation sites is 1. The highest BCUT2D eigenvalue weighted by atomic mass is 127. The molecule has 1 heterocycles. The normalized spacial score (nSPS) is 14.6. The molecule has 1 fully saturated rings. The molecule has 0 spiro atoms. The van der Waals surface area contributed by atoms with Crippen molar-refractivity contribution in [1.82, 2.24) is 20.0 Å². The Balaban J connectivity index is 0.00000512. The maximum absolute atomic E-state index is 12.4. The number of piperazine rings is 1. The number of hydrogen-bond acceptors (Lipinski definition) is 4. The molecule has 0 unspecified atom stereocenters. The van der Waals surface area contributed by atoms with Crippen molar-refractivity contribution in [2.24, 2.45) is 4.99 Å². The number of carbonyl (C=O) groups excluding carboxylic acids is 1. The highest BCUT2D eigenvalue weighted by Crippen LogP contribution is 2.15. The second-order valence-corrected chi connectivity index (χ2v) is 8.03. The summed E-state index contributed by atoms with van der Waals surface area (Å²) in [7, 11) is 1.94. The molecule has 0 saturated carbocycles. The minimum absolute atomic E-state index is 0. The Bertz CT molecular complexity index is 660. The Morgan fingerprint density at radius 2 is 1.69 bits per heavy atom. The van der Waals surface area contributed by atoms with E-state index >= 15 is 0 Å². The third-order valence-corrected chi connectivity index (χ3v) is 5.82. The van der Waals surface area contributed by atoms with E-state index in [2.05, 4.69) is 52.4 Å². The first kappa shape index (κ1) is 28.5. The van der Waals surface area contributed by atoms with E-state index in [1.54, 1.807) is 0 Å². The van der Waals surface area contributed by atoms with Crippen molar-refractivity contribution < 1.29 is 4.79 Å². The fourth-order valence-electron chi connectivity index (χ4n) is 3.92. The zero-order valence-electron chi connectivity index (χ0n) is 20.4. The van der Waals surface area contributed by atoms with Gasteiger partial charge in [0.05, 0.1) is 6.54 Å². The first-order valence-corrected chi connectivity index (χ1v) is 11.9. The monoisotopic (exact) mass is 558 g/mol. The lowest BCUT2D eigenvalue weighted by Gasteiger charge is -2.36. The standard InChI is InChI=1S/C24H42N6O.HI/c1-5-25-24(27(4)21-23(31)29(6-2)7-3)26-15-11-12-16-28-17-19-30(20-18-28)22-13-9-8-10-14-22;/h8-10,13-14H,5-7,11-12,15-21H2,1-4H3,(H,25,26);1H. The lowest BCUT2D eigenvalue weighted by atomic mass is 10.2. The van der Waals surface area contributed by atoms with Gasteiger partial charge in [-0.3, -0.25) is 14.7 Å².